The maximum Gasteiger partial charge on any atom is 0.264 e. The minimum absolute atomic E-state index is 0.0223. The first-order chi connectivity index (χ1) is 23.0. The van der Waals surface area contributed by atoms with Gasteiger partial charge in [0.2, 0.25) is 11.8 Å². The van der Waals surface area contributed by atoms with Crippen LogP contribution in [0.25, 0.3) is 0 Å². The van der Waals surface area contributed by atoms with Gasteiger partial charge in [-0.3, -0.25) is 14.4 Å². The van der Waals surface area contributed by atoms with Crippen molar-refractivity contribution in [1.29, 1.82) is 0 Å². The molecular formula is C39H45N3O6. The van der Waals surface area contributed by atoms with Crippen molar-refractivity contribution in [2.45, 2.75) is 89.3 Å². The lowest BCUT2D eigenvalue weighted by Gasteiger charge is -2.38. The first-order valence-corrected chi connectivity index (χ1v) is 17.2. The molecule has 3 aromatic rings. The quantitative estimate of drug-likeness (QED) is 0.383. The van der Waals surface area contributed by atoms with Gasteiger partial charge in [0.05, 0.1) is 43.0 Å². The molecule has 4 heterocycles. The zero-order chi connectivity index (χ0) is 33.8. The maximum atomic E-state index is 14.7. The molecule has 2 N–H and O–H groups in total. The van der Waals surface area contributed by atoms with Crippen LogP contribution in [-0.2, 0) is 44.2 Å². The minimum atomic E-state index is -1.38. The monoisotopic (exact) mass is 651 g/mol. The van der Waals surface area contributed by atoms with Gasteiger partial charge in [0.15, 0.2) is 5.60 Å². The third-order valence-electron chi connectivity index (χ3n) is 11.1. The molecule has 0 radical (unpaired) electrons. The number of carbonyl (C=O) groups excluding carboxylic acids is 3. The van der Waals surface area contributed by atoms with Crippen LogP contribution in [0.3, 0.4) is 0 Å². The Bertz CT molecular complexity index is 1720. The molecule has 4 aliphatic heterocycles. The van der Waals surface area contributed by atoms with Crippen molar-refractivity contribution in [3.8, 4) is 0 Å². The fourth-order valence-corrected chi connectivity index (χ4v) is 8.76. The number of nitrogens with zero attached hydrogens (tertiary/aromatic N) is 3. The van der Waals surface area contributed by atoms with E-state index in [0.717, 1.165) is 46.5 Å². The molecular weight excluding hydrogens is 606 g/mol. The molecule has 0 bridgehead atoms. The van der Waals surface area contributed by atoms with Crippen LogP contribution in [0.5, 0.6) is 0 Å². The molecule has 3 amide bonds. The van der Waals surface area contributed by atoms with Crippen LogP contribution in [0.1, 0.15) is 68.7 Å². The lowest BCUT2D eigenvalue weighted by Crippen LogP contribution is -2.48. The lowest BCUT2D eigenvalue weighted by atomic mass is 9.70. The van der Waals surface area contributed by atoms with Crippen LogP contribution in [0, 0.1) is 11.8 Å². The summed E-state index contributed by atoms with van der Waals surface area (Å²) in [6, 6.07) is 23.1. The van der Waals surface area contributed by atoms with Crippen molar-refractivity contribution in [3.63, 3.8) is 0 Å². The topological polar surface area (TPSA) is 111 Å². The van der Waals surface area contributed by atoms with Crippen LogP contribution in [0.4, 0.5) is 11.4 Å². The van der Waals surface area contributed by atoms with E-state index in [1.54, 1.807) is 23.6 Å². The number of ether oxygens (including phenoxy) is 1. The molecule has 7 rings (SSSR count). The summed E-state index contributed by atoms with van der Waals surface area (Å²) in [4.78, 5) is 46.6. The normalized spacial score (nSPS) is 27.1. The molecule has 2 saturated heterocycles. The number of carbonyl (C=O) groups is 3. The van der Waals surface area contributed by atoms with Crippen LogP contribution < -0.4 is 9.80 Å². The highest BCUT2D eigenvalue weighted by Gasteiger charge is 2.66. The van der Waals surface area contributed by atoms with Crippen molar-refractivity contribution >= 4 is 29.1 Å². The van der Waals surface area contributed by atoms with E-state index in [2.05, 4.69) is 0 Å². The number of hydrogen-bond donors (Lipinski definition) is 2. The highest BCUT2D eigenvalue weighted by molar-refractivity contribution is 6.07. The molecule has 4 aliphatic rings. The number of anilines is 2. The molecule has 252 valence electrons. The summed E-state index contributed by atoms with van der Waals surface area (Å²) in [6.07, 6.45) is 2.28. The number of benzene rings is 3. The van der Waals surface area contributed by atoms with Crippen molar-refractivity contribution < 1.29 is 29.3 Å². The highest BCUT2D eigenvalue weighted by atomic mass is 16.5. The summed E-state index contributed by atoms with van der Waals surface area (Å²) in [7, 11) is 0. The van der Waals surface area contributed by atoms with Gasteiger partial charge in [0.25, 0.3) is 5.91 Å². The minimum Gasteiger partial charge on any atom is -0.394 e. The van der Waals surface area contributed by atoms with Gasteiger partial charge in [-0.05, 0) is 68.0 Å². The molecule has 3 aromatic carbocycles. The zero-order valence-electron chi connectivity index (χ0n) is 28.0. The molecule has 0 unspecified atom stereocenters. The summed E-state index contributed by atoms with van der Waals surface area (Å²) in [6.45, 7) is 6.65. The number of amides is 3. The van der Waals surface area contributed by atoms with Gasteiger partial charge in [-0.15, -0.1) is 0 Å². The summed E-state index contributed by atoms with van der Waals surface area (Å²) in [5.74, 6) is -1.22. The fourth-order valence-electron chi connectivity index (χ4n) is 8.76. The van der Waals surface area contributed by atoms with Crippen molar-refractivity contribution in [2.75, 3.05) is 23.0 Å². The van der Waals surface area contributed by atoms with E-state index in [9.17, 15) is 24.6 Å². The van der Waals surface area contributed by atoms with Gasteiger partial charge in [-0.2, -0.15) is 0 Å². The Morgan fingerprint density at radius 2 is 1.69 bits per heavy atom. The van der Waals surface area contributed by atoms with Gasteiger partial charge >= 0.3 is 0 Å². The third kappa shape index (κ3) is 5.42. The molecule has 0 saturated carbocycles. The van der Waals surface area contributed by atoms with E-state index in [1.807, 2.05) is 84.6 Å². The first-order valence-electron chi connectivity index (χ1n) is 17.2. The van der Waals surface area contributed by atoms with Crippen LogP contribution >= 0.6 is 0 Å². The molecule has 48 heavy (non-hydrogen) atoms. The fraction of sp³-hybridized carbons (Fsp3) is 0.462. The molecule has 1 spiro atoms. The standard InChI is InChI=1S/C39H45N3O6/c1-25-36(38(2,3)47)33(21-35(45)41-23-28-11-5-4-10-27(28)20-30(41)24-43)48-39(25)31-12-6-7-13-32(31)42(37(39)46)22-26-15-17-29(18-16-26)40-19-9-8-14-34(40)44/h4-7,10-13,15-18,25,30,33,36,43,47H,8-9,14,19-24H2,1-3H3/t25-,30+,33+,36-,39+/m1/s1. The second-order valence-electron chi connectivity index (χ2n) is 14.5. The lowest BCUT2D eigenvalue weighted by molar-refractivity contribution is -0.151. The second-order valence-corrected chi connectivity index (χ2v) is 14.5. The Balaban J connectivity index is 1.17. The Morgan fingerprint density at radius 3 is 2.40 bits per heavy atom. The van der Waals surface area contributed by atoms with Gasteiger partial charge in [0, 0.05) is 42.6 Å². The first kappa shape index (κ1) is 32.5. The average molecular weight is 652 g/mol. The maximum absolute atomic E-state index is 14.7. The Morgan fingerprint density at radius 1 is 0.979 bits per heavy atom. The predicted octanol–water partition coefficient (Wildman–Crippen LogP) is 4.70. The number of hydrogen-bond acceptors (Lipinski definition) is 6. The zero-order valence-corrected chi connectivity index (χ0v) is 28.0. The smallest absolute Gasteiger partial charge is 0.264 e. The molecule has 0 aliphatic carbocycles. The van der Waals surface area contributed by atoms with Crippen LogP contribution in [-0.4, -0.2) is 63.7 Å². The number of rotatable bonds is 7. The summed E-state index contributed by atoms with van der Waals surface area (Å²) in [5.41, 5.74) is 2.82. The summed E-state index contributed by atoms with van der Waals surface area (Å²) < 4.78 is 6.87. The van der Waals surface area contributed by atoms with Crippen molar-refractivity contribution in [3.05, 3.63) is 95.1 Å². The Labute approximate surface area is 282 Å². The van der Waals surface area contributed by atoms with Gasteiger partial charge in [0.1, 0.15) is 0 Å². The van der Waals surface area contributed by atoms with E-state index in [0.29, 0.717) is 32.5 Å². The number of aliphatic hydroxyl groups excluding tert-OH is 1. The summed E-state index contributed by atoms with van der Waals surface area (Å²) >= 11 is 0. The van der Waals surface area contributed by atoms with E-state index in [-0.39, 0.29) is 36.8 Å². The second kappa shape index (κ2) is 12.4. The van der Waals surface area contributed by atoms with Gasteiger partial charge < -0.3 is 29.6 Å². The number of fused-ring (bicyclic) bond motifs is 3. The number of aliphatic hydroxyl groups is 2. The Hall–Kier alpha value is -4.05. The predicted molar refractivity (Wildman–Crippen MR) is 182 cm³/mol. The van der Waals surface area contributed by atoms with Crippen LogP contribution in [0.15, 0.2) is 72.8 Å². The molecule has 2 fully saturated rings. The van der Waals surface area contributed by atoms with Crippen molar-refractivity contribution in [2.24, 2.45) is 11.8 Å². The molecule has 0 aromatic heterocycles. The number of piperidine rings is 1. The molecule has 9 heteroatoms. The van der Waals surface area contributed by atoms with Gasteiger partial charge in [-0.1, -0.05) is 61.5 Å². The van der Waals surface area contributed by atoms with Gasteiger partial charge in [-0.25, -0.2) is 0 Å². The number of para-hydroxylation sites is 1. The molecule has 9 nitrogen and oxygen atoms in total. The average Bonchev–Trinajstić information content (AvgIpc) is 3.50. The van der Waals surface area contributed by atoms with E-state index in [1.165, 1.54) is 0 Å². The van der Waals surface area contributed by atoms with E-state index >= 15 is 0 Å². The summed E-state index contributed by atoms with van der Waals surface area (Å²) in [5, 5.41) is 21.8. The Kier molecular flexibility index (Phi) is 8.42. The van der Waals surface area contributed by atoms with E-state index < -0.39 is 29.1 Å². The third-order valence-corrected chi connectivity index (χ3v) is 11.1. The SMILES string of the molecule is C[C@@H]1[C@@H](C(C)(C)O)[C@H](CC(=O)N2Cc3ccccc3C[C@H]2CO)O[C@@]12C(=O)N(Cc1ccc(N3CCCCC3=O)cc1)c1ccccc12. The van der Waals surface area contributed by atoms with E-state index in [4.69, 9.17) is 4.74 Å². The molecule has 5 atom stereocenters. The van der Waals surface area contributed by atoms with Crippen LogP contribution in [0.2, 0.25) is 0 Å². The largest absolute Gasteiger partial charge is 0.394 e. The van der Waals surface area contributed by atoms with Crippen molar-refractivity contribution in [1.82, 2.24) is 4.90 Å². The highest BCUT2D eigenvalue weighted by Crippen LogP contribution is 2.58.